The minimum absolute atomic E-state index is 0.0808. The van der Waals surface area contributed by atoms with Crippen LogP contribution in [0.15, 0.2) is 30.3 Å². The van der Waals surface area contributed by atoms with Crippen molar-refractivity contribution in [2.75, 3.05) is 6.54 Å². The fraction of sp³-hybridized carbons (Fsp3) is 0.412. The van der Waals surface area contributed by atoms with Gasteiger partial charge in [0.15, 0.2) is 5.69 Å². The highest BCUT2D eigenvalue weighted by molar-refractivity contribution is 6.30. The SMILES string of the molecule is Cc1cc(C(F)(F)F)nn1CC(=O)N1CCC[C@H]1c1ccc(Cl)cc1. The van der Waals surface area contributed by atoms with Gasteiger partial charge in [0, 0.05) is 17.3 Å². The second kappa shape index (κ2) is 6.71. The fourth-order valence-corrected chi connectivity index (χ4v) is 3.25. The molecule has 25 heavy (non-hydrogen) atoms. The standard InChI is InChI=1S/C17H17ClF3N3O/c1-11-9-15(17(19,20)21)22-24(11)10-16(25)23-8-2-3-14(23)12-4-6-13(18)7-5-12/h4-7,9,14H,2-3,8,10H2,1H3/t14-/m0/s1. The third kappa shape index (κ3) is 3.81. The number of benzene rings is 1. The Balaban J connectivity index is 1.76. The van der Waals surface area contributed by atoms with Gasteiger partial charge in [0.25, 0.3) is 0 Å². The molecule has 0 bridgehead atoms. The van der Waals surface area contributed by atoms with Crippen LogP contribution in [-0.4, -0.2) is 27.1 Å². The molecule has 1 atom stereocenters. The minimum Gasteiger partial charge on any atom is -0.334 e. The van der Waals surface area contributed by atoms with Crippen molar-refractivity contribution in [1.29, 1.82) is 0 Å². The van der Waals surface area contributed by atoms with E-state index < -0.39 is 11.9 Å². The second-order valence-electron chi connectivity index (χ2n) is 6.12. The van der Waals surface area contributed by atoms with Gasteiger partial charge in [-0.3, -0.25) is 9.48 Å². The van der Waals surface area contributed by atoms with E-state index in [0.717, 1.165) is 29.2 Å². The van der Waals surface area contributed by atoms with Gasteiger partial charge in [0.2, 0.25) is 5.91 Å². The Labute approximate surface area is 148 Å². The van der Waals surface area contributed by atoms with Crippen LogP contribution in [0.2, 0.25) is 5.02 Å². The van der Waals surface area contributed by atoms with Gasteiger partial charge in [0.1, 0.15) is 6.54 Å². The lowest BCUT2D eigenvalue weighted by molar-refractivity contribution is -0.142. The monoisotopic (exact) mass is 371 g/mol. The highest BCUT2D eigenvalue weighted by atomic mass is 35.5. The highest BCUT2D eigenvalue weighted by Crippen LogP contribution is 2.33. The van der Waals surface area contributed by atoms with Crippen LogP contribution in [0.4, 0.5) is 13.2 Å². The quantitative estimate of drug-likeness (QED) is 0.810. The molecule has 1 aromatic carbocycles. The number of aryl methyl sites for hydroxylation is 1. The maximum atomic E-state index is 12.8. The van der Waals surface area contributed by atoms with Crippen LogP contribution in [0.3, 0.4) is 0 Å². The minimum atomic E-state index is -4.52. The van der Waals surface area contributed by atoms with Crippen LogP contribution in [0.25, 0.3) is 0 Å². The molecule has 3 rings (SSSR count). The van der Waals surface area contributed by atoms with Crippen molar-refractivity contribution in [3.05, 3.63) is 52.3 Å². The Morgan fingerprint density at radius 3 is 2.60 bits per heavy atom. The summed E-state index contributed by atoms with van der Waals surface area (Å²) < 4.78 is 39.4. The third-order valence-corrected chi connectivity index (χ3v) is 4.64. The van der Waals surface area contributed by atoms with Crippen LogP contribution >= 0.6 is 11.6 Å². The van der Waals surface area contributed by atoms with Gasteiger partial charge in [-0.05, 0) is 43.5 Å². The van der Waals surface area contributed by atoms with Gasteiger partial charge in [-0.15, -0.1) is 0 Å². The summed E-state index contributed by atoms with van der Waals surface area (Å²) >= 11 is 5.90. The molecule has 1 aliphatic heterocycles. The number of amides is 1. The van der Waals surface area contributed by atoms with Crippen molar-refractivity contribution in [2.45, 2.75) is 38.5 Å². The van der Waals surface area contributed by atoms with Crippen molar-refractivity contribution in [3.8, 4) is 0 Å². The summed E-state index contributed by atoms with van der Waals surface area (Å²) in [5, 5.41) is 4.15. The van der Waals surface area contributed by atoms with E-state index in [2.05, 4.69) is 5.10 Å². The zero-order valence-corrected chi connectivity index (χ0v) is 14.3. The molecule has 0 spiro atoms. The van der Waals surface area contributed by atoms with Crippen LogP contribution in [-0.2, 0) is 17.5 Å². The molecule has 134 valence electrons. The maximum Gasteiger partial charge on any atom is 0.435 e. The number of likely N-dealkylation sites (tertiary alicyclic amines) is 1. The predicted molar refractivity (Wildman–Crippen MR) is 87.1 cm³/mol. The van der Waals surface area contributed by atoms with E-state index in [1.807, 2.05) is 12.1 Å². The predicted octanol–water partition coefficient (Wildman–Crippen LogP) is 4.23. The smallest absolute Gasteiger partial charge is 0.334 e. The van der Waals surface area contributed by atoms with Gasteiger partial charge >= 0.3 is 6.18 Å². The van der Waals surface area contributed by atoms with Crippen LogP contribution in [0, 0.1) is 6.92 Å². The lowest BCUT2D eigenvalue weighted by Gasteiger charge is -2.25. The second-order valence-corrected chi connectivity index (χ2v) is 6.56. The molecule has 1 aliphatic rings. The number of hydrogen-bond donors (Lipinski definition) is 0. The van der Waals surface area contributed by atoms with Gasteiger partial charge in [0.05, 0.1) is 6.04 Å². The normalized spacial score (nSPS) is 18.0. The first kappa shape index (κ1) is 17.8. The fourth-order valence-electron chi connectivity index (χ4n) is 3.12. The van der Waals surface area contributed by atoms with E-state index in [1.54, 1.807) is 17.0 Å². The van der Waals surface area contributed by atoms with Gasteiger partial charge < -0.3 is 4.90 Å². The van der Waals surface area contributed by atoms with Crippen molar-refractivity contribution in [1.82, 2.24) is 14.7 Å². The van der Waals surface area contributed by atoms with E-state index >= 15 is 0 Å². The van der Waals surface area contributed by atoms with Gasteiger partial charge in [-0.1, -0.05) is 23.7 Å². The number of nitrogens with zero attached hydrogens (tertiary/aromatic N) is 3. The van der Waals surface area contributed by atoms with Crippen LogP contribution in [0.5, 0.6) is 0 Å². The Hall–Kier alpha value is -2.02. The van der Waals surface area contributed by atoms with E-state index in [-0.39, 0.29) is 18.5 Å². The molecule has 1 aromatic heterocycles. The largest absolute Gasteiger partial charge is 0.435 e. The summed E-state index contributed by atoms with van der Waals surface area (Å²) in [4.78, 5) is 14.3. The Kier molecular flexibility index (Phi) is 4.77. The summed E-state index contributed by atoms with van der Waals surface area (Å²) in [6, 6.07) is 8.16. The van der Waals surface area contributed by atoms with E-state index in [0.29, 0.717) is 17.3 Å². The molecule has 8 heteroatoms. The number of carbonyl (C=O) groups is 1. The first-order chi connectivity index (χ1) is 11.8. The Bertz CT molecular complexity index is 770. The molecule has 0 radical (unpaired) electrons. The molecule has 0 unspecified atom stereocenters. The van der Waals surface area contributed by atoms with E-state index in [4.69, 9.17) is 11.6 Å². The van der Waals surface area contributed by atoms with Gasteiger partial charge in [-0.2, -0.15) is 18.3 Å². The topological polar surface area (TPSA) is 38.1 Å². The highest BCUT2D eigenvalue weighted by Gasteiger charge is 2.35. The van der Waals surface area contributed by atoms with Crippen LogP contribution in [0.1, 0.15) is 35.8 Å². The molecule has 0 N–H and O–H groups in total. The zero-order chi connectivity index (χ0) is 18.2. The van der Waals surface area contributed by atoms with Crippen molar-refractivity contribution >= 4 is 17.5 Å². The summed E-state index contributed by atoms with van der Waals surface area (Å²) in [5.74, 6) is -0.239. The van der Waals surface area contributed by atoms with E-state index in [1.165, 1.54) is 6.92 Å². The van der Waals surface area contributed by atoms with Crippen molar-refractivity contribution in [3.63, 3.8) is 0 Å². The molecule has 4 nitrogen and oxygen atoms in total. The summed E-state index contributed by atoms with van der Waals surface area (Å²) in [5.41, 5.74) is 0.305. The van der Waals surface area contributed by atoms with Crippen molar-refractivity contribution in [2.24, 2.45) is 0 Å². The Morgan fingerprint density at radius 2 is 2.00 bits per heavy atom. The lowest BCUT2D eigenvalue weighted by atomic mass is 10.0. The summed E-state index contributed by atoms with van der Waals surface area (Å²) in [7, 11) is 0. The van der Waals surface area contributed by atoms with Crippen LogP contribution < -0.4 is 0 Å². The summed E-state index contributed by atoms with van der Waals surface area (Å²) in [6.45, 7) is 1.89. The van der Waals surface area contributed by atoms with Gasteiger partial charge in [-0.25, -0.2) is 0 Å². The number of alkyl halides is 3. The number of carbonyl (C=O) groups excluding carboxylic acids is 1. The Morgan fingerprint density at radius 1 is 1.32 bits per heavy atom. The number of aromatic nitrogens is 2. The zero-order valence-electron chi connectivity index (χ0n) is 13.6. The number of halogens is 4. The molecular weight excluding hydrogens is 355 g/mol. The number of hydrogen-bond acceptors (Lipinski definition) is 2. The first-order valence-electron chi connectivity index (χ1n) is 7.92. The maximum absolute atomic E-state index is 12.8. The number of rotatable bonds is 3. The molecule has 1 amide bonds. The summed E-state index contributed by atoms with van der Waals surface area (Å²) in [6.07, 6.45) is -2.84. The molecule has 1 saturated heterocycles. The third-order valence-electron chi connectivity index (χ3n) is 4.38. The molecule has 0 saturated carbocycles. The molecule has 0 aliphatic carbocycles. The molecule has 2 heterocycles. The van der Waals surface area contributed by atoms with Crippen molar-refractivity contribution < 1.29 is 18.0 Å². The lowest BCUT2D eigenvalue weighted by Crippen LogP contribution is -2.34. The average molecular weight is 372 g/mol. The molecule has 1 fully saturated rings. The molecule has 2 aromatic rings. The first-order valence-corrected chi connectivity index (χ1v) is 8.30. The molecular formula is C17H17ClF3N3O. The van der Waals surface area contributed by atoms with E-state index in [9.17, 15) is 18.0 Å². The average Bonchev–Trinajstić information content (AvgIpc) is 3.15.